The van der Waals surface area contributed by atoms with E-state index in [-0.39, 0.29) is 25.2 Å². The van der Waals surface area contributed by atoms with E-state index < -0.39 is 6.10 Å². The topological polar surface area (TPSA) is 61.8 Å². The highest BCUT2D eigenvalue weighted by molar-refractivity contribution is 5.70. The van der Waals surface area contributed by atoms with E-state index in [1.165, 1.54) is 199 Å². The van der Waals surface area contributed by atoms with Gasteiger partial charge in [-0.2, -0.15) is 0 Å². The molecule has 5 nitrogen and oxygen atoms in total. The normalized spacial score (nSPS) is 12.6. The minimum Gasteiger partial charge on any atom is -0.462 e. The van der Waals surface area contributed by atoms with Gasteiger partial charge < -0.3 is 14.2 Å². The molecular formula is C63H114O5. The van der Waals surface area contributed by atoms with Crippen LogP contribution in [0.2, 0.25) is 0 Å². The third-order valence-corrected chi connectivity index (χ3v) is 13.0. The first-order chi connectivity index (χ1) is 33.6. The summed E-state index contributed by atoms with van der Waals surface area (Å²) < 4.78 is 17.5. The van der Waals surface area contributed by atoms with Gasteiger partial charge in [0.25, 0.3) is 0 Å². The van der Waals surface area contributed by atoms with E-state index >= 15 is 0 Å². The van der Waals surface area contributed by atoms with Gasteiger partial charge in [0.2, 0.25) is 0 Å². The summed E-state index contributed by atoms with van der Waals surface area (Å²) >= 11 is 0. The third-order valence-electron chi connectivity index (χ3n) is 13.0. The highest BCUT2D eigenvalue weighted by Gasteiger charge is 2.17. The molecule has 1 atom stereocenters. The Morgan fingerprint density at radius 1 is 0.338 bits per heavy atom. The van der Waals surface area contributed by atoms with Gasteiger partial charge in [0.15, 0.2) is 6.10 Å². The van der Waals surface area contributed by atoms with E-state index in [0.29, 0.717) is 19.4 Å². The van der Waals surface area contributed by atoms with Gasteiger partial charge in [-0.1, -0.05) is 248 Å². The van der Waals surface area contributed by atoms with Crippen molar-refractivity contribution >= 4 is 11.9 Å². The predicted octanol–water partition coefficient (Wildman–Crippen LogP) is 20.5. The van der Waals surface area contributed by atoms with Crippen molar-refractivity contribution in [2.75, 3.05) is 19.8 Å². The molecule has 0 rings (SSSR count). The molecule has 0 aliphatic heterocycles. The molecule has 5 heteroatoms. The molecule has 0 aromatic heterocycles. The van der Waals surface area contributed by atoms with Crippen molar-refractivity contribution in [3.05, 3.63) is 60.8 Å². The first-order valence-corrected chi connectivity index (χ1v) is 29.8. The SMILES string of the molecule is CC/C=C\C/C=C\C/C=C\CCCCCCCCCC(=O)OC(COCCCCCCCC/C=C\CCCCCCCC)COC(=O)CCCCCCCCCCC/C=C\CCCCCCCC. The standard InChI is InChI=1S/C63H114O5/c1-4-7-10-13-16-19-22-25-28-31-32-34-35-38-41-44-47-50-53-56-62(64)67-60-61(59-66-58-55-52-49-46-43-40-37-30-27-24-21-18-15-12-9-6-3)68-63(65)57-54-51-48-45-42-39-36-33-29-26-23-20-17-14-11-8-5-2/h8,11,17,20,25-30,61H,4-7,9-10,12-16,18-19,21-24,31-60H2,1-3H3/b11-8-,20-17-,28-25-,29-26-,30-27-. The lowest BCUT2D eigenvalue weighted by atomic mass is 10.1. The Bertz CT molecular complexity index is 1170. The van der Waals surface area contributed by atoms with Crippen molar-refractivity contribution in [1.29, 1.82) is 0 Å². The molecule has 0 aromatic rings. The summed E-state index contributed by atoms with van der Waals surface area (Å²) in [6.45, 7) is 7.73. The summed E-state index contributed by atoms with van der Waals surface area (Å²) in [7, 11) is 0. The van der Waals surface area contributed by atoms with E-state index in [1.807, 2.05) is 0 Å². The lowest BCUT2D eigenvalue weighted by Crippen LogP contribution is -2.30. The maximum absolute atomic E-state index is 12.9. The molecule has 0 heterocycles. The van der Waals surface area contributed by atoms with Crippen molar-refractivity contribution in [2.45, 2.75) is 309 Å². The van der Waals surface area contributed by atoms with E-state index in [0.717, 1.165) is 70.6 Å². The fourth-order valence-electron chi connectivity index (χ4n) is 8.57. The zero-order valence-corrected chi connectivity index (χ0v) is 45.6. The van der Waals surface area contributed by atoms with Crippen molar-refractivity contribution < 1.29 is 23.8 Å². The molecular weight excluding hydrogens is 837 g/mol. The molecule has 0 saturated carbocycles. The van der Waals surface area contributed by atoms with Gasteiger partial charge in [0.05, 0.1) is 6.61 Å². The highest BCUT2D eigenvalue weighted by Crippen LogP contribution is 2.15. The van der Waals surface area contributed by atoms with Crippen LogP contribution in [0.15, 0.2) is 60.8 Å². The summed E-state index contributed by atoms with van der Waals surface area (Å²) in [6.07, 6.45) is 75.3. The zero-order valence-electron chi connectivity index (χ0n) is 45.6. The van der Waals surface area contributed by atoms with Gasteiger partial charge in [-0.3, -0.25) is 9.59 Å². The lowest BCUT2D eigenvalue weighted by molar-refractivity contribution is -0.163. The summed E-state index contributed by atoms with van der Waals surface area (Å²) in [6, 6.07) is 0. The summed E-state index contributed by atoms with van der Waals surface area (Å²) in [5.74, 6) is -0.402. The van der Waals surface area contributed by atoms with E-state index in [2.05, 4.69) is 81.5 Å². The molecule has 396 valence electrons. The van der Waals surface area contributed by atoms with Crippen LogP contribution in [-0.2, 0) is 23.8 Å². The largest absolute Gasteiger partial charge is 0.462 e. The Morgan fingerprint density at radius 2 is 0.662 bits per heavy atom. The second-order valence-corrected chi connectivity index (χ2v) is 19.9. The average molecular weight is 952 g/mol. The fraction of sp³-hybridized carbons (Fsp3) is 0.810. The Morgan fingerprint density at radius 3 is 1.07 bits per heavy atom. The Labute approximate surface area is 424 Å². The van der Waals surface area contributed by atoms with Gasteiger partial charge in [0, 0.05) is 19.4 Å². The number of hydrogen-bond acceptors (Lipinski definition) is 5. The third kappa shape index (κ3) is 56.2. The first kappa shape index (κ1) is 65.6. The van der Waals surface area contributed by atoms with Crippen molar-refractivity contribution in [3.63, 3.8) is 0 Å². The van der Waals surface area contributed by atoms with Crippen LogP contribution < -0.4 is 0 Å². The first-order valence-electron chi connectivity index (χ1n) is 29.8. The maximum Gasteiger partial charge on any atom is 0.306 e. The molecule has 68 heavy (non-hydrogen) atoms. The summed E-state index contributed by atoms with van der Waals surface area (Å²) in [5.41, 5.74) is 0. The van der Waals surface area contributed by atoms with E-state index in [9.17, 15) is 9.59 Å². The number of hydrogen-bond donors (Lipinski definition) is 0. The maximum atomic E-state index is 12.9. The van der Waals surface area contributed by atoms with Gasteiger partial charge in [0.1, 0.15) is 6.61 Å². The minimum atomic E-state index is -0.547. The van der Waals surface area contributed by atoms with Crippen LogP contribution >= 0.6 is 0 Å². The monoisotopic (exact) mass is 951 g/mol. The molecule has 1 unspecified atom stereocenters. The zero-order chi connectivity index (χ0) is 49.2. The highest BCUT2D eigenvalue weighted by atomic mass is 16.6. The van der Waals surface area contributed by atoms with Crippen LogP contribution in [0.25, 0.3) is 0 Å². The molecule has 0 aliphatic carbocycles. The van der Waals surface area contributed by atoms with Crippen LogP contribution in [0, 0.1) is 0 Å². The summed E-state index contributed by atoms with van der Waals surface area (Å²) in [4.78, 5) is 25.6. The molecule has 0 radical (unpaired) electrons. The van der Waals surface area contributed by atoms with Crippen LogP contribution in [0.1, 0.15) is 303 Å². The number of carbonyl (C=O) groups is 2. The quantitative estimate of drug-likeness (QED) is 0.0345. The van der Waals surface area contributed by atoms with Gasteiger partial charge in [-0.05, 0) is 103 Å². The van der Waals surface area contributed by atoms with Gasteiger partial charge in [-0.25, -0.2) is 0 Å². The van der Waals surface area contributed by atoms with E-state index in [1.54, 1.807) is 0 Å². The molecule has 0 aromatic carbocycles. The van der Waals surface area contributed by atoms with Crippen molar-refractivity contribution in [3.8, 4) is 0 Å². The lowest BCUT2D eigenvalue weighted by Gasteiger charge is -2.18. The molecule has 0 amide bonds. The van der Waals surface area contributed by atoms with Crippen LogP contribution in [-0.4, -0.2) is 37.9 Å². The minimum absolute atomic E-state index is 0.0788. The molecule has 0 fully saturated rings. The van der Waals surface area contributed by atoms with Crippen molar-refractivity contribution in [1.82, 2.24) is 0 Å². The summed E-state index contributed by atoms with van der Waals surface area (Å²) in [5, 5.41) is 0. The smallest absolute Gasteiger partial charge is 0.306 e. The number of ether oxygens (including phenoxy) is 3. The number of carbonyl (C=O) groups excluding carboxylic acids is 2. The van der Waals surface area contributed by atoms with Gasteiger partial charge >= 0.3 is 11.9 Å². The van der Waals surface area contributed by atoms with Gasteiger partial charge in [-0.15, -0.1) is 0 Å². The molecule has 0 spiro atoms. The molecule has 0 saturated heterocycles. The predicted molar refractivity (Wildman–Crippen MR) is 298 cm³/mol. The Balaban J connectivity index is 4.27. The molecule has 0 aliphatic rings. The van der Waals surface area contributed by atoms with Crippen LogP contribution in [0.3, 0.4) is 0 Å². The molecule has 0 N–H and O–H groups in total. The average Bonchev–Trinajstić information content (AvgIpc) is 3.34. The number of unbranched alkanes of at least 4 members (excludes halogenated alkanes) is 34. The van der Waals surface area contributed by atoms with Crippen LogP contribution in [0.5, 0.6) is 0 Å². The number of rotatable bonds is 55. The second kappa shape index (κ2) is 58.9. The molecule has 0 bridgehead atoms. The van der Waals surface area contributed by atoms with E-state index in [4.69, 9.17) is 14.2 Å². The fourth-order valence-corrected chi connectivity index (χ4v) is 8.57. The Kier molecular flexibility index (Phi) is 56.8. The number of allylic oxidation sites excluding steroid dienone is 10. The van der Waals surface area contributed by atoms with Crippen molar-refractivity contribution in [2.24, 2.45) is 0 Å². The second-order valence-electron chi connectivity index (χ2n) is 19.9. The number of esters is 2. The van der Waals surface area contributed by atoms with Crippen LogP contribution in [0.4, 0.5) is 0 Å². The Hall–Kier alpha value is -2.40.